The standard InChI is InChI=1S/C17H16ClN3O5/c1-19-14-6-5-12(8-15(14)21(24)25)17(23)26-10-16(22)20-9-11-3-2-4-13(18)7-11/h2-8,19H,9-10H2,1H3,(H,20,22). The summed E-state index contributed by atoms with van der Waals surface area (Å²) >= 11 is 5.85. The topological polar surface area (TPSA) is 111 Å². The van der Waals surface area contributed by atoms with Gasteiger partial charge in [-0.25, -0.2) is 4.79 Å². The fraction of sp³-hybridized carbons (Fsp3) is 0.176. The summed E-state index contributed by atoms with van der Waals surface area (Å²) in [6.45, 7) is -0.264. The molecular weight excluding hydrogens is 362 g/mol. The van der Waals surface area contributed by atoms with Crippen molar-refractivity contribution in [2.45, 2.75) is 6.54 Å². The summed E-state index contributed by atoms with van der Waals surface area (Å²) < 4.78 is 4.89. The molecule has 2 N–H and O–H groups in total. The molecule has 0 spiro atoms. The van der Waals surface area contributed by atoms with Gasteiger partial charge in [0.15, 0.2) is 6.61 Å². The number of hydrogen-bond donors (Lipinski definition) is 2. The number of ether oxygens (including phenoxy) is 1. The average Bonchev–Trinajstić information content (AvgIpc) is 2.63. The van der Waals surface area contributed by atoms with Crippen LogP contribution in [0.1, 0.15) is 15.9 Å². The zero-order valence-electron chi connectivity index (χ0n) is 13.8. The van der Waals surface area contributed by atoms with E-state index < -0.39 is 23.4 Å². The fourth-order valence-corrected chi connectivity index (χ4v) is 2.35. The molecule has 0 unspecified atom stereocenters. The molecule has 2 aromatic carbocycles. The second kappa shape index (κ2) is 8.82. The van der Waals surface area contributed by atoms with Gasteiger partial charge in [0.2, 0.25) is 0 Å². The molecule has 0 aliphatic rings. The molecule has 0 atom stereocenters. The van der Waals surface area contributed by atoms with Crippen LogP contribution < -0.4 is 10.6 Å². The number of nitrogens with zero attached hydrogens (tertiary/aromatic N) is 1. The number of halogens is 1. The second-order valence-electron chi connectivity index (χ2n) is 5.22. The Morgan fingerprint density at radius 3 is 2.65 bits per heavy atom. The first kappa shape index (κ1) is 19.2. The quantitative estimate of drug-likeness (QED) is 0.436. The Bertz CT molecular complexity index is 841. The lowest BCUT2D eigenvalue weighted by atomic mass is 10.1. The maximum atomic E-state index is 12.0. The molecule has 0 saturated heterocycles. The number of hydrogen-bond acceptors (Lipinski definition) is 6. The fourth-order valence-electron chi connectivity index (χ4n) is 2.13. The van der Waals surface area contributed by atoms with Gasteiger partial charge in [-0.1, -0.05) is 23.7 Å². The lowest BCUT2D eigenvalue weighted by Crippen LogP contribution is -2.28. The molecule has 0 aliphatic heterocycles. The van der Waals surface area contributed by atoms with Crippen molar-refractivity contribution in [1.29, 1.82) is 0 Å². The summed E-state index contributed by atoms with van der Waals surface area (Å²) in [5.74, 6) is -1.33. The number of nitrogens with one attached hydrogen (secondary N) is 2. The summed E-state index contributed by atoms with van der Waals surface area (Å²) in [5, 5.41) is 16.8. The third-order valence-corrected chi connectivity index (χ3v) is 3.65. The van der Waals surface area contributed by atoms with Crippen LogP contribution in [0, 0.1) is 10.1 Å². The molecule has 0 aliphatic carbocycles. The summed E-state index contributed by atoms with van der Waals surface area (Å²) in [6, 6.07) is 10.8. The van der Waals surface area contributed by atoms with Crippen molar-refractivity contribution in [2.75, 3.05) is 19.0 Å². The highest BCUT2D eigenvalue weighted by Gasteiger charge is 2.18. The van der Waals surface area contributed by atoms with Gasteiger partial charge in [-0.05, 0) is 29.8 Å². The second-order valence-corrected chi connectivity index (χ2v) is 5.66. The molecular formula is C17H16ClN3O5. The van der Waals surface area contributed by atoms with Crippen LogP contribution in [0.15, 0.2) is 42.5 Å². The minimum Gasteiger partial charge on any atom is -0.452 e. The Morgan fingerprint density at radius 2 is 2.00 bits per heavy atom. The first-order valence-corrected chi connectivity index (χ1v) is 7.93. The van der Waals surface area contributed by atoms with Crippen molar-refractivity contribution in [3.63, 3.8) is 0 Å². The van der Waals surface area contributed by atoms with E-state index in [9.17, 15) is 19.7 Å². The third-order valence-electron chi connectivity index (χ3n) is 3.41. The van der Waals surface area contributed by atoms with E-state index in [4.69, 9.17) is 16.3 Å². The van der Waals surface area contributed by atoms with E-state index in [1.165, 1.54) is 19.2 Å². The average molecular weight is 378 g/mol. The first-order valence-electron chi connectivity index (χ1n) is 7.55. The van der Waals surface area contributed by atoms with Crippen LogP contribution in [0.4, 0.5) is 11.4 Å². The number of rotatable bonds is 7. The van der Waals surface area contributed by atoms with E-state index in [1.54, 1.807) is 24.3 Å². The Kier molecular flexibility index (Phi) is 6.51. The number of carbonyl (C=O) groups is 2. The molecule has 9 heteroatoms. The molecule has 0 fully saturated rings. The van der Waals surface area contributed by atoms with Crippen LogP contribution in [-0.2, 0) is 16.1 Å². The van der Waals surface area contributed by atoms with E-state index in [0.29, 0.717) is 5.02 Å². The Hall–Kier alpha value is -3.13. The summed E-state index contributed by atoms with van der Waals surface area (Å²) in [7, 11) is 1.53. The van der Waals surface area contributed by atoms with E-state index in [0.717, 1.165) is 11.6 Å². The number of nitro groups is 1. The van der Waals surface area contributed by atoms with Crippen molar-refractivity contribution < 1.29 is 19.2 Å². The van der Waals surface area contributed by atoms with Crippen LogP contribution in [-0.4, -0.2) is 30.5 Å². The normalized spacial score (nSPS) is 10.1. The van der Waals surface area contributed by atoms with Gasteiger partial charge in [0, 0.05) is 24.7 Å². The van der Waals surface area contributed by atoms with Crippen LogP contribution in [0.3, 0.4) is 0 Å². The van der Waals surface area contributed by atoms with Gasteiger partial charge in [-0.15, -0.1) is 0 Å². The summed E-state index contributed by atoms with van der Waals surface area (Å²) in [4.78, 5) is 34.1. The minimum absolute atomic E-state index is 0.0154. The predicted molar refractivity (Wildman–Crippen MR) is 96.2 cm³/mol. The number of anilines is 1. The van der Waals surface area contributed by atoms with Gasteiger partial charge in [0.25, 0.3) is 11.6 Å². The molecule has 2 rings (SSSR count). The molecule has 0 saturated carbocycles. The molecule has 0 bridgehead atoms. The smallest absolute Gasteiger partial charge is 0.338 e. The van der Waals surface area contributed by atoms with Gasteiger partial charge >= 0.3 is 5.97 Å². The highest BCUT2D eigenvalue weighted by molar-refractivity contribution is 6.30. The van der Waals surface area contributed by atoms with Crippen molar-refractivity contribution in [3.05, 3.63) is 68.7 Å². The maximum absolute atomic E-state index is 12.0. The molecule has 2 aromatic rings. The largest absolute Gasteiger partial charge is 0.452 e. The van der Waals surface area contributed by atoms with E-state index in [2.05, 4.69) is 10.6 Å². The molecule has 136 valence electrons. The number of amides is 1. The highest BCUT2D eigenvalue weighted by Crippen LogP contribution is 2.25. The van der Waals surface area contributed by atoms with Crippen molar-refractivity contribution in [1.82, 2.24) is 5.32 Å². The van der Waals surface area contributed by atoms with Crippen LogP contribution in [0.5, 0.6) is 0 Å². The van der Waals surface area contributed by atoms with Gasteiger partial charge < -0.3 is 15.4 Å². The minimum atomic E-state index is -0.825. The van der Waals surface area contributed by atoms with Gasteiger partial charge in [-0.3, -0.25) is 14.9 Å². The number of carbonyl (C=O) groups excluding carboxylic acids is 2. The zero-order chi connectivity index (χ0) is 19.1. The summed E-state index contributed by atoms with van der Waals surface area (Å²) in [5.41, 5.74) is 0.798. The zero-order valence-corrected chi connectivity index (χ0v) is 14.6. The van der Waals surface area contributed by atoms with E-state index >= 15 is 0 Å². The SMILES string of the molecule is CNc1ccc(C(=O)OCC(=O)NCc2cccc(Cl)c2)cc1[N+](=O)[O-]. The van der Waals surface area contributed by atoms with Gasteiger partial charge in [-0.2, -0.15) is 0 Å². The Labute approximate surface area is 154 Å². The molecule has 1 amide bonds. The Balaban J connectivity index is 1.90. The highest BCUT2D eigenvalue weighted by atomic mass is 35.5. The molecule has 26 heavy (non-hydrogen) atoms. The van der Waals surface area contributed by atoms with Crippen LogP contribution >= 0.6 is 11.6 Å². The van der Waals surface area contributed by atoms with Gasteiger partial charge in [0.1, 0.15) is 5.69 Å². The third kappa shape index (κ3) is 5.18. The van der Waals surface area contributed by atoms with Crippen LogP contribution in [0.25, 0.3) is 0 Å². The molecule has 0 heterocycles. The lowest BCUT2D eigenvalue weighted by Gasteiger charge is -2.08. The van der Waals surface area contributed by atoms with Crippen molar-refractivity contribution in [2.24, 2.45) is 0 Å². The number of benzene rings is 2. The molecule has 8 nitrogen and oxygen atoms in total. The Morgan fingerprint density at radius 1 is 1.23 bits per heavy atom. The van der Waals surface area contributed by atoms with Crippen molar-refractivity contribution >= 4 is 34.9 Å². The number of nitro benzene ring substituents is 1. The first-order chi connectivity index (χ1) is 12.4. The van der Waals surface area contributed by atoms with Crippen molar-refractivity contribution in [3.8, 4) is 0 Å². The van der Waals surface area contributed by atoms with Gasteiger partial charge in [0.05, 0.1) is 10.5 Å². The lowest BCUT2D eigenvalue weighted by molar-refractivity contribution is -0.384. The molecule has 0 radical (unpaired) electrons. The monoisotopic (exact) mass is 377 g/mol. The summed E-state index contributed by atoms with van der Waals surface area (Å²) in [6.07, 6.45) is 0. The molecule has 0 aromatic heterocycles. The predicted octanol–water partition coefficient (Wildman–Crippen LogP) is 2.76. The van der Waals surface area contributed by atoms with E-state index in [-0.39, 0.29) is 23.5 Å². The number of esters is 1. The van der Waals surface area contributed by atoms with Crippen LogP contribution in [0.2, 0.25) is 5.02 Å². The maximum Gasteiger partial charge on any atom is 0.338 e. The van der Waals surface area contributed by atoms with E-state index in [1.807, 2.05) is 0 Å².